The summed E-state index contributed by atoms with van der Waals surface area (Å²) in [6.07, 6.45) is 0. The molecule has 1 N–H and O–H groups in total. The van der Waals surface area contributed by atoms with Gasteiger partial charge in [-0.05, 0) is 30.2 Å². The lowest BCUT2D eigenvalue weighted by molar-refractivity contribution is 0.0693. The number of aryl methyl sites for hydroxylation is 1. The predicted molar refractivity (Wildman–Crippen MR) is 74.1 cm³/mol. The van der Waals surface area contributed by atoms with Crippen molar-refractivity contribution in [1.82, 2.24) is 0 Å². The van der Waals surface area contributed by atoms with Gasteiger partial charge in [0, 0.05) is 10.6 Å². The molecular formula is C15H14O2S. The first-order valence-corrected chi connectivity index (χ1v) is 6.66. The minimum Gasteiger partial charge on any atom is -0.478 e. The van der Waals surface area contributed by atoms with Gasteiger partial charge in [-0.25, -0.2) is 4.79 Å². The second-order valence-electron chi connectivity index (χ2n) is 4.02. The quantitative estimate of drug-likeness (QED) is 0.843. The van der Waals surface area contributed by atoms with Gasteiger partial charge in [-0.1, -0.05) is 36.4 Å². The third-order valence-electron chi connectivity index (χ3n) is 2.76. The molecule has 2 aromatic rings. The van der Waals surface area contributed by atoms with Gasteiger partial charge in [0.1, 0.15) is 0 Å². The summed E-state index contributed by atoms with van der Waals surface area (Å²) >= 11 is 1.56. The van der Waals surface area contributed by atoms with Gasteiger partial charge >= 0.3 is 5.97 Å². The van der Waals surface area contributed by atoms with Gasteiger partial charge in [-0.2, -0.15) is 0 Å². The van der Waals surface area contributed by atoms with Crippen molar-refractivity contribution in [3.05, 3.63) is 65.2 Å². The van der Waals surface area contributed by atoms with Crippen molar-refractivity contribution < 1.29 is 9.90 Å². The van der Waals surface area contributed by atoms with Crippen LogP contribution in [0.15, 0.2) is 53.4 Å². The topological polar surface area (TPSA) is 37.3 Å². The smallest absolute Gasteiger partial charge is 0.336 e. The second-order valence-corrected chi connectivity index (χ2v) is 5.03. The van der Waals surface area contributed by atoms with E-state index in [-0.39, 0.29) is 0 Å². The van der Waals surface area contributed by atoms with Crippen LogP contribution in [-0.4, -0.2) is 11.1 Å². The van der Waals surface area contributed by atoms with Crippen LogP contribution in [0.5, 0.6) is 0 Å². The van der Waals surface area contributed by atoms with Crippen LogP contribution in [0.4, 0.5) is 0 Å². The van der Waals surface area contributed by atoms with Crippen LogP contribution >= 0.6 is 11.8 Å². The molecule has 0 unspecified atom stereocenters. The highest BCUT2D eigenvalue weighted by Gasteiger charge is 2.09. The molecule has 2 rings (SSSR count). The molecule has 0 aliphatic rings. The molecule has 0 spiro atoms. The summed E-state index contributed by atoms with van der Waals surface area (Å²) in [6.45, 7) is 2.07. The predicted octanol–water partition coefficient (Wildman–Crippen LogP) is 3.99. The Kier molecular flexibility index (Phi) is 4.05. The Morgan fingerprint density at radius 1 is 1.11 bits per heavy atom. The van der Waals surface area contributed by atoms with Crippen LogP contribution in [-0.2, 0) is 5.75 Å². The van der Waals surface area contributed by atoms with E-state index in [4.69, 9.17) is 5.11 Å². The van der Waals surface area contributed by atoms with Gasteiger partial charge in [0.2, 0.25) is 0 Å². The van der Waals surface area contributed by atoms with Crippen molar-refractivity contribution in [2.75, 3.05) is 0 Å². The molecule has 0 bridgehead atoms. The van der Waals surface area contributed by atoms with Crippen LogP contribution in [0.25, 0.3) is 0 Å². The summed E-state index contributed by atoms with van der Waals surface area (Å²) in [7, 11) is 0. The van der Waals surface area contributed by atoms with E-state index in [1.807, 2.05) is 24.3 Å². The first-order chi connectivity index (χ1) is 8.68. The van der Waals surface area contributed by atoms with E-state index >= 15 is 0 Å². The fourth-order valence-corrected chi connectivity index (χ4v) is 2.82. The number of carboxylic acids is 1. The van der Waals surface area contributed by atoms with Crippen LogP contribution in [0, 0.1) is 6.92 Å². The lowest BCUT2D eigenvalue weighted by atomic mass is 10.1. The summed E-state index contributed by atoms with van der Waals surface area (Å²) in [6, 6.07) is 15.3. The molecule has 2 aromatic carbocycles. The van der Waals surface area contributed by atoms with Crippen LogP contribution < -0.4 is 0 Å². The van der Waals surface area contributed by atoms with Crippen molar-refractivity contribution in [2.45, 2.75) is 17.6 Å². The number of carbonyl (C=O) groups is 1. The molecule has 0 aliphatic carbocycles. The number of carboxylic acid groups (broad SMARTS) is 1. The fraction of sp³-hybridized carbons (Fsp3) is 0.133. The summed E-state index contributed by atoms with van der Waals surface area (Å²) < 4.78 is 0. The van der Waals surface area contributed by atoms with Gasteiger partial charge in [0.05, 0.1) is 5.56 Å². The maximum absolute atomic E-state index is 11.1. The standard InChI is InChI=1S/C15H14O2S/c1-11-6-2-3-7-12(11)10-18-14-9-5-4-8-13(14)15(16)17/h2-9H,10H2,1H3,(H,16,17). The summed E-state index contributed by atoms with van der Waals surface area (Å²) in [5.74, 6) is -0.0837. The highest BCUT2D eigenvalue weighted by molar-refractivity contribution is 7.98. The molecule has 0 atom stereocenters. The number of benzene rings is 2. The van der Waals surface area contributed by atoms with Crippen molar-refractivity contribution in [3.63, 3.8) is 0 Å². The number of rotatable bonds is 4. The van der Waals surface area contributed by atoms with Crippen molar-refractivity contribution in [2.24, 2.45) is 0 Å². The van der Waals surface area contributed by atoms with Gasteiger partial charge in [0.15, 0.2) is 0 Å². The minimum atomic E-state index is -0.872. The minimum absolute atomic E-state index is 0.371. The van der Waals surface area contributed by atoms with Gasteiger partial charge in [-0.3, -0.25) is 0 Å². The monoisotopic (exact) mass is 258 g/mol. The number of hydrogen-bond donors (Lipinski definition) is 1. The average molecular weight is 258 g/mol. The van der Waals surface area contributed by atoms with Crippen LogP contribution in [0.2, 0.25) is 0 Å². The largest absolute Gasteiger partial charge is 0.478 e. The van der Waals surface area contributed by atoms with E-state index in [0.29, 0.717) is 5.56 Å². The number of thioether (sulfide) groups is 1. The zero-order chi connectivity index (χ0) is 13.0. The molecular weight excluding hydrogens is 244 g/mol. The molecule has 0 saturated heterocycles. The van der Waals surface area contributed by atoms with E-state index in [2.05, 4.69) is 19.1 Å². The summed E-state index contributed by atoms with van der Waals surface area (Å²) in [5.41, 5.74) is 2.84. The van der Waals surface area contributed by atoms with Gasteiger partial charge < -0.3 is 5.11 Å². The molecule has 2 nitrogen and oxygen atoms in total. The zero-order valence-electron chi connectivity index (χ0n) is 10.1. The molecule has 18 heavy (non-hydrogen) atoms. The third-order valence-corrected chi connectivity index (χ3v) is 3.88. The second kappa shape index (κ2) is 5.74. The third kappa shape index (κ3) is 2.93. The van der Waals surface area contributed by atoms with Crippen LogP contribution in [0.1, 0.15) is 21.5 Å². The Bertz CT molecular complexity index is 564. The Labute approximate surface area is 111 Å². The Morgan fingerprint density at radius 2 is 1.78 bits per heavy atom. The first kappa shape index (κ1) is 12.7. The van der Waals surface area contributed by atoms with E-state index in [1.54, 1.807) is 23.9 Å². The summed E-state index contributed by atoms with van der Waals surface area (Å²) in [4.78, 5) is 11.9. The molecule has 92 valence electrons. The van der Waals surface area contributed by atoms with Crippen molar-refractivity contribution in [3.8, 4) is 0 Å². The molecule has 3 heteroatoms. The maximum atomic E-state index is 11.1. The van der Waals surface area contributed by atoms with Crippen molar-refractivity contribution >= 4 is 17.7 Å². The molecule has 0 aliphatic heterocycles. The lowest BCUT2D eigenvalue weighted by Gasteiger charge is -2.07. The van der Waals surface area contributed by atoms with E-state index < -0.39 is 5.97 Å². The fourth-order valence-electron chi connectivity index (χ4n) is 1.70. The van der Waals surface area contributed by atoms with Crippen molar-refractivity contribution in [1.29, 1.82) is 0 Å². The van der Waals surface area contributed by atoms with Gasteiger partial charge in [0.25, 0.3) is 0 Å². The SMILES string of the molecule is Cc1ccccc1CSc1ccccc1C(=O)O. The molecule has 0 saturated carbocycles. The van der Waals surface area contributed by atoms with Crippen LogP contribution in [0.3, 0.4) is 0 Å². The zero-order valence-corrected chi connectivity index (χ0v) is 10.9. The van der Waals surface area contributed by atoms with E-state index in [1.165, 1.54) is 11.1 Å². The Hall–Kier alpha value is -1.74. The molecule has 0 amide bonds. The lowest BCUT2D eigenvalue weighted by Crippen LogP contribution is -1.98. The highest BCUT2D eigenvalue weighted by atomic mass is 32.2. The first-order valence-electron chi connectivity index (χ1n) is 5.68. The molecule has 0 radical (unpaired) electrons. The Balaban J connectivity index is 2.16. The Morgan fingerprint density at radius 3 is 2.50 bits per heavy atom. The maximum Gasteiger partial charge on any atom is 0.336 e. The van der Waals surface area contributed by atoms with E-state index in [0.717, 1.165) is 10.6 Å². The highest BCUT2D eigenvalue weighted by Crippen LogP contribution is 2.27. The molecule has 0 aromatic heterocycles. The number of hydrogen-bond acceptors (Lipinski definition) is 2. The summed E-state index contributed by atoms with van der Waals surface area (Å²) in [5, 5.41) is 9.10. The average Bonchev–Trinajstić information content (AvgIpc) is 2.38. The molecule has 0 fully saturated rings. The number of aromatic carboxylic acids is 1. The molecule has 0 heterocycles. The van der Waals surface area contributed by atoms with E-state index in [9.17, 15) is 4.79 Å². The van der Waals surface area contributed by atoms with Gasteiger partial charge in [-0.15, -0.1) is 11.8 Å². The normalized spacial score (nSPS) is 10.3.